The van der Waals surface area contributed by atoms with Crippen LogP contribution in [0, 0.1) is 18.8 Å². The molecule has 5 heteroatoms. The summed E-state index contributed by atoms with van der Waals surface area (Å²) in [6.45, 7) is 7.39. The minimum absolute atomic E-state index is 0.504. The van der Waals surface area contributed by atoms with Crippen LogP contribution in [-0.4, -0.2) is 35.8 Å². The molecule has 2 aliphatic rings. The molecule has 1 aromatic rings. The third-order valence-corrected chi connectivity index (χ3v) is 3.70. The third kappa shape index (κ3) is 1.33. The van der Waals surface area contributed by atoms with Gasteiger partial charge >= 0.3 is 6.01 Å². The summed E-state index contributed by atoms with van der Waals surface area (Å²) >= 11 is 0. The summed E-state index contributed by atoms with van der Waals surface area (Å²) < 4.78 is 5.23. The summed E-state index contributed by atoms with van der Waals surface area (Å²) in [6.07, 6.45) is 0. The van der Waals surface area contributed by atoms with Gasteiger partial charge in [0.1, 0.15) is 0 Å². The minimum Gasteiger partial charge on any atom is -0.321 e. The molecule has 3 rings (SSSR count). The molecule has 1 N–H and O–H groups in total. The maximum atomic E-state index is 5.23. The first-order valence-corrected chi connectivity index (χ1v) is 5.53. The van der Waals surface area contributed by atoms with E-state index in [9.17, 15) is 0 Å². The van der Waals surface area contributed by atoms with E-state index in [-0.39, 0.29) is 0 Å². The molecule has 0 aromatic carbocycles. The molecule has 3 heterocycles. The van der Waals surface area contributed by atoms with Crippen LogP contribution in [0.2, 0.25) is 0 Å². The van der Waals surface area contributed by atoms with Crippen molar-refractivity contribution < 1.29 is 4.52 Å². The Hall–Kier alpha value is -1.10. The molecule has 3 unspecified atom stereocenters. The average molecular weight is 208 g/mol. The van der Waals surface area contributed by atoms with Gasteiger partial charge in [0.2, 0.25) is 0 Å². The monoisotopic (exact) mass is 208 g/mol. The SMILES string of the molecule is Cc1noc(N2CC3CNCC3C2C)n1. The Morgan fingerprint density at radius 2 is 2.33 bits per heavy atom. The predicted octanol–water partition coefficient (Wildman–Crippen LogP) is 0.422. The highest BCUT2D eigenvalue weighted by Gasteiger charge is 2.43. The molecule has 2 fully saturated rings. The molecular formula is C10H16N4O. The number of hydrogen-bond acceptors (Lipinski definition) is 5. The van der Waals surface area contributed by atoms with Gasteiger partial charge in [0.25, 0.3) is 0 Å². The molecule has 3 atom stereocenters. The number of rotatable bonds is 1. The molecule has 0 spiro atoms. The van der Waals surface area contributed by atoms with Crippen LogP contribution in [0.15, 0.2) is 4.52 Å². The number of hydrogen-bond donors (Lipinski definition) is 1. The van der Waals surface area contributed by atoms with E-state index in [1.54, 1.807) is 0 Å². The van der Waals surface area contributed by atoms with Crippen molar-refractivity contribution in [3.63, 3.8) is 0 Å². The van der Waals surface area contributed by atoms with Gasteiger partial charge in [0.05, 0.1) is 0 Å². The van der Waals surface area contributed by atoms with Gasteiger partial charge in [-0.3, -0.25) is 0 Å². The van der Waals surface area contributed by atoms with Crippen LogP contribution in [0.25, 0.3) is 0 Å². The van der Waals surface area contributed by atoms with Gasteiger partial charge in [-0.2, -0.15) is 4.98 Å². The van der Waals surface area contributed by atoms with E-state index >= 15 is 0 Å². The quantitative estimate of drug-likeness (QED) is 0.725. The maximum absolute atomic E-state index is 5.23. The van der Waals surface area contributed by atoms with Gasteiger partial charge in [-0.15, -0.1) is 0 Å². The summed E-state index contributed by atoms with van der Waals surface area (Å²) in [5.74, 6) is 2.19. The molecule has 5 nitrogen and oxygen atoms in total. The predicted molar refractivity (Wildman–Crippen MR) is 55.7 cm³/mol. The Morgan fingerprint density at radius 1 is 1.47 bits per heavy atom. The second-order valence-corrected chi connectivity index (χ2v) is 4.60. The van der Waals surface area contributed by atoms with Gasteiger partial charge in [0.15, 0.2) is 5.82 Å². The van der Waals surface area contributed by atoms with Crippen LogP contribution in [0.4, 0.5) is 6.01 Å². The molecule has 1 aromatic heterocycles. The Labute approximate surface area is 88.8 Å². The highest BCUT2D eigenvalue weighted by Crippen LogP contribution is 2.34. The van der Waals surface area contributed by atoms with Gasteiger partial charge in [-0.25, -0.2) is 0 Å². The minimum atomic E-state index is 0.504. The average Bonchev–Trinajstić information content (AvgIpc) is 2.84. The summed E-state index contributed by atoms with van der Waals surface area (Å²) in [6, 6.07) is 1.19. The zero-order valence-electron chi connectivity index (χ0n) is 9.10. The number of aromatic nitrogens is 2. The van der Waals surface area contributed by atoms with Crippen molar-refractivity contribution >= 4 is 6.01 Å². The second kappa shape index (κ2) is 3.20. The van der Waals surface area contributed by atoms with E-state index in [2.05, 4.69) is 27.3 Å². The topological polar surface area (TPSA) is 54.2 Å². The second-order valence-electron chi connectivity index (χ2n) is 4.60. The Kier molecular flexibility index (Phi) is 1.95. The van der Waals surface area contributed by atoms with Crippen LogP contribution in [0.5, 0.6) is 0 Å². The molecule has 15 heavy (non-hydrogen) atoms. The number of nitrogens with one attached hydrogen (secondary N) is 1. The lowest BCUT2D eigenvalue weighted by atomic mass is 9.95. The Bertz CT molecular complexity index is 364. The zero-order valence-corrected chi connectivity index (χ0v) is 9.10. The van der Waals surface area contributed by atoms with Crippen molar-refractivity contribution in [2.75, 3.05) is 24.5 Å². The van der Waals surface area contributed by atoms with E-state index in [0.29, 0.717) is 17.9 Å². The van der Waals surface area contributed by atoms with Crippen LogP contribution in [0.1, 0.15) is 12.7 Å². The van der Waals surface area contributed by atoms with Crippen LogP contribution in [-0.2, 0) is 0 Å². The fourth-order valence-electron chi connectivity index (χ4n) is 2.82. The van der Waals surface area contributed by atoms with E-state index in [1.807, 2.05) is 6.92 Å². The fourth-order valence-corrected chi connectivity index (χ4v) is 2.82. The van der Waals surface area contributed by atoms with E-state index in [0.717, 1.165) is 31.5 Å². The smallest absolute Gasteiger partial charge is 0.321 e. The summed E-state index contributed by atoms with van der Waals surface area (Å²) in [5, 5.41) is 7.28. The lowest BCUT2D eigenvalue weighted by molar-refractivity contribution is 0.400. The van der Waals surface area contributed by atoms with Crippen molar-refractivity contribution in [3.8, 4) is 0 Å². The number of fused-ring (bicyclic) bond motifs is 1. The van der Waals surface area contributed by atoms with Crippen molar-refractivity contribution in [1.82, 2.24) is 15.5 Å². The fraction of sp³-hybridized carbons (Fsp3) is 0.800. The van der Waals surface area contributed by atoms with E-state index in [4.69, 9.17) is 4.52 Å². The summed E-state index contributed by atoms with van der Waals surface area (Å²) in [4.78, 5) is 6.54. The summed E-state index contributed by atoms with van der Waals surface area (Å²) in [7, 11) is 0. The lowest BCUT2D eigenvalue weighted by Gasteiger charge is -2.21. The standard InChI is InChI=1S/C10H16N4O/c1-6-9-4-11-3-8(9)5-14(6)10-12-7(2)13-15-10/h6,8-9,11H,3-5H2,1-2H3. The van der Waals surface area contributed by atoms with Crippen LogP contribution < -0.4 is 10.2 Å². The number of aryl methyl sites for hydroxylation is 1. The van der Waals surface area contributed by atoms with Crippen molar-refractivity contribution in [3.05, 3.63) is 5.82 Å². The number of nitrogens with zero attached hydrogens (tertiary/aromatic N) is 3. The first-order valence-electron chi connectivity index (χ1n) is 5.53. The van der Waals surface area contributed by atoms with Crippen molar-refractivity contribution in [2.24, 2.45) is 11.8 Å². The van der Waals surface area contributed by atoms with Gasteiger partial charge < -0.3 is 14.7 Å². The molecule has 0 amide bonds. The molecule has 2 saturated heterocycles. The van der Waals surface area contributed by atoms with Crippen LogP contribution in [0.3, 0.4) is 0 Å². The first kappa shape index (κ1) is 9.15. The highest BCUT2D eigenvalue weighted by atomic mass is 16.5. The largest absolute Gasteiger partial charge is 0.324 e. The van der Waals surface area contributed by atoms with Crippen LogP contribution >= 0.6 is 0 Å². The lowest BCUT2D eigenvalue weighted by Crippen LogP contribution is -2.33. The Balaban J connectivity index is 1.84. The van der Waals surface area contributed by atoms with Gasteiger partial charge in [0, 0.05) is 25.7 Å². The first-order chi connectivity index (χ1) is 7.25. The molecule has 82 valence electrons. The van der Waals surface area contributed by atoms with Crippen molar-refractivity contribution in [2.45, 2.75) is 19.9 Å². The molecule has 0 aliphatic carbocycles. The van der Waals surface area contributed by atoms with E-state index in [1.165, 1.54) is 0 Å². The Morgan fingerprint density at radius 3 is 3.00 bits per heavy atom. The number of anilines is 1. The van der Waals surface area contributed by atoms with Crippen molar-refractivity contribution in [1.29, 1.82) is 0 Å². The molecule has 0 saturated carbocycles. The molecule has 0 bridgehead atoms. The highest BCUT2D eigenvalue weighted by molar-refractivity contribution is 5.31. The maximum Gasteiger partial charge on any atom is 0.324 e. The normalized spacial score (nSPS) is 34.8. The molecular weight excluding hydrogens is 192 g/mol. The molecule has 2 aliphatic heterocycles. The summed E-state index contributed by atoms with van der Waals surface area (Å²) in [5.41, 5.74) is 0. The zero-order chi connectivity index (χ0) is 10.4. The third-order valence-electron chi connectivity index (χ3n) is 3.70. The van der Waals surface area contributed by atoms with Gasteiger partial charge in [-0.1, -0.05) is 5.16 Å². The van der Waals surface area contributed by atoms with Gasteiger partial charge in [-0.05, 0) is 25.7 Å². The molecule has 0 radical (unpaired) electrons. The van der Waals surface area contributed by atoms with E-state index < -0.39 is 0 Å².